The minimum Gasteiger partial charge on any atom is -0.494 e. The number of rotatable bonds is 8. The monoisotopic (exact) mass is 701 g/mol. The molecule has 1 atom stereocenters. The van der Waals surface area contributed by atoms with Gasteiger partial charge in [0.1, 0.15) is 22.6 Å². The Kier molecular flexibility index (Phi) is 8.23. The van der Waals surface area contributed by atoms with Gasteiger partial charge < -0.3 is 29.4 Å². The summed E-state index contributed by atoms with van der Waals surface area (Å²) in [6, 6.07) is 14.3. The molecule has 5 aromatic heterocycles. The van der Waals surface area contributed by atoms with Gasteiger partial charge in [-0.25, -0.2) is 15.0 Å². The zero-order chi connectivity index (χ0) is 34.6. The van der Waals surface area contributed by atoms with Crippen molar-refractivity contribution in [2.45, 2.75) is 57.5 Å². The number of hydrogen-bond acceptors (Lipinski definition) is 9. The maximum Gasteiger partial charge on any atom is 0.254 e. The predicted octanol–water partition coefficient (Wildman–Crippen LogP) is 6.75. The number of hydrogen-bond donors (Lipinski definition) is 1. The SMILES string of the molecule is COc1cc(C(=O)N2CCC[C@@H](N)C2)cc2nc(-c3cc4ccc(-c5cccnc5-c5csc(N6CCCCC6)n5)nc4n3CC3CC3)n(C)c12. The fourth-order valence-electron chi connectivity index (χ4n) is 7.82. The highest BCUT2D eigenvalue weighted by molar-refractivity contribution is 7.14. The number of pyridine rings is 2. The van der Waals surface area contributed by atoms with E-state index in [4.69, 9.17) is 30.4 Å². The number of benzene rings is 1. The number of thiazole rings is 1. The Morgan fingerprint density at radius 1 is 0.980 bits per heavy atom. The number of methoxy groups -OCH3 is 1. The van der Waals surface area contributed by atoms with E-state index in [2.05, 4.69) is 43.7 Å². The van der Waals surface area contributed by atoms with E-state index in [9.17, 15) is 4.79 Å². The minimum atomic E-state index is -0.0349. The van der Waals surface area contributed by atoms with Crippen molar-refractivity contribution in [2.24, 2.45) is 18.7 Å². The normalized spacial score (nSPS) is 18.2. The molecule has 12 heteroatoms. The first-order valence-electron chi connectivity index (χ1n) is 18.2. The standard InChI is InChI=1S/C39H43N9O2S/c1-45-35-30(18-26(20-33(35)50-2)38(49)47-17-7-8-27(40)22-47)43-37(45)32-19-25-12-13-29(42-36(25)48(32)21-24-10-11-24)28-9-6-14-41-34(28)31-23-51-39(44-31)46-15-4-3-5-16-46/h6,9,12-14,18-20,23-24,27H,3-5,7-8,10-11,15-17,21-22,40H2,1-2H3/t27-/m1/s1. The van der Waals surface area contributed by atoms with E-state index in [0.717, 1.165) is 93.8 Å². The molecule has 7 heterocycles. The number of anilines is 1. The Balaban J connectivity index is 1.12. The molecule has 6 aromatic rings. The number of nitrogens with two attached hydrogens (primary N) is 1. The number of ether oxygens (including phenoxy) is 1. The molecule has 0 spiro atoms. The van der Waals surface area contributed by atoms with E-state index in [1.165, 1.54) is 32.1 Å². The van der Waals surface area contributed by atoms with Gasteiger partial charge in [-0.2, -0.15) is 0 Å². The van der Waals surface area contributed by atoms with Gasteiger partial charge in [-0.15, -0.1) is 11.3 Å². The largest absolute Gasteiger partial charge is 0.494 e. The molecule has 11 nitrogen and oxygen atoms in total. The second-order valence-electron chi connectivity index (χ2n) is 14.3. The Labute approximate surface area is 301 Å². The quantitative estimate of drug-likeness (QED) is 0.185. The molecule has 0 bridgehead atoms. The second-order valence-corrected chi connectivity index (χ2v) is 15.2. The average Bonchev–Trinajstić information content (AvgIpc) is 3.57. The van der Waals surface area contributed by atoms with Crippen LogP contribution >= 0.6 is 11.3 Å². The van der Waals surface area contributed by atoms with Gasteiger partial charge in [0, 0.05) is 73.9 Å². The lowest BCUT2D eigenvalue weighted by molar-refractivity contribution is 0.0708. The van der Waals surface area contributed by atoms with Crippen LogP contribution in [0.3, 0.4) is 0 Å². The van der Waals surface area contributed by atoms with E-state index < -0.39 is 0 Å². The molecule has 1 saturated carbocycles. The summed E-state index contributed by atoms with van der Waals surface area (Å²) in [7, 11) is 3.67. The number of imidazole rings is 1. The predicted molar refractivity (Wildman–Crippen MR) is 202 cm³/mol. The average molecular weight is 702 g/mol. The van der Waals surface area contributed by atoms with Gasteiger partial charge in [0.15, 0.2) is 11.0 Å². The van der Waals surface area contributed by atoms with Crippen LogP contribution in [0, 0.1) is 5.92 Å². The summed E-state index contributed by atoms with van der Waals surface area (Å²) in [5.74, 6) is 2.00. The fourth-order valence-corrected chi connectivity index (χ4v) is 8.69. The van der Waals surface area contributed by atoms with Crippen LogP contribution in [0.25, 0.3) is 56.2 Å². The number of fused-ring (bicyclic) bond motifs is 2. The number of piperidine rings is 2. The van der Waals surface area contributed by atoms with Gasteiger partial charge >= 0.3 is 0 Å². The van der Waals surface area contributed by atoms with E-state index in [1.807, 2.05) is 36.3 Å². The first kappa shape index (κ1) is 32.1. The topological polar surface area (TPSA) is 120 Å². The van der Waals surface area contributed by atoms with E-state index in [0.29, 0.717) is 30.3 Å². The molecule has 0 unspecified atom stereocenters. The molecule has 3 aliphatic rings. The lowest BCUT2D eigenvalue weighted by atomic mass is 10.0. The van der Waals surface area contributed by atoms with E-state index in [1.54, 1.807) is 18.4 Å². The molecule has 1 aromatic carbocycles. The van der Waals surface area contributed by atoms with Crippen molar-refractivity contribution in [3.63, 3.8) is 0 Å². The Hall–Kier alpha value is -4.81. The molecular formula is C39H43N9O2S. The Morgan fingerprint density at radius 2 is 1.84 bits per heavy atom. The summed E-state index contributed by atoms with van der Waals surface area (Å²) in [6.45, 7) is 4.26. The number of carbonyl (C=O) groups excluding carboxylic acids is 1. The van der Waals surface area contributed by atoms with Crippen molar-refractivity contribution in [1.29, 1.82) is 0 Å². The zero-order valence-electron chi connectivity index (χ0n) is 29.2. The number of amides is 1. The third-order valence-corrected chi connectivity index (χ3v) is 11.6. The Morgan fingerprint density at radius 3 is 2.65 bits per heavy atom. The molecule has 2 saturated heterocycles. The highest BCUT2D eigenvalue weighted by Gasteiger charge is 2.29. The van der Waals surface area contributed by atoms with Gasteiger partial charge in [-0.3, -0.25) is 9.78 Å². The molecule has 1 aliphatic carbocycles. The summed E-state index contributed by atoms with van der Waals surface area (Å²) < 4.78 is 10.3. The number of aryl methyl sites for hydroxylation is 1. The lowest BCUT2D eigenvalue weighted by Gasteiger charge is -2.30. The highest BCUT2D eigenvalue weighted by Crippen LogP contribution is 2.39. The second kappa shape index (κ2) is 13.1. The van der Waals surface area contributed by atoms with Gasteiger partial charge in [0.25, 0.3) is 5.91 Å². The van der Waals surface area contributed by atoms with Gasteiger partial charge in [-0.05, 0) is 93.3 Å². The van der Waals surface area contributed by atoms with Crippen molar-refractivity contribution in [2.75, 3.05) is 38.2 Å². The van der Waals surface area contributed by atoms with Crippen molar-refractivity contribution >= 4 is 44.4 Å². The first-order valence-corrected chi connectivity index (χ1v) is 19.1. The van der Waals surface area contributed by atoms with Crippen molar-refractivity contribution in [1.82, 2.24) is 34.0 Å². The van der Waals surface area contributed by atoms with Crippen molar-refractivity contribution in [3.05, 3.63) is 59.6 Å². The number of carbonyl (C=O) groups is 1. The first-order chi connectivity index (χ1) is 24.9. The fraction of sp³-hybridized carbons (Fsp3) is 0.410. The minimum absolute atomic E-state index is 0.00614. The van der Waals surface area contributed by atoms with Crippen LogP contribution < -0.4 is 15.4 Å². The van der Waals surface area contributed by atoms with Crippen LogP contribution in [-0.2, 0) is 13.6 Å². The summed E-state index contributed by atoms with van der Waals surface area (Å²) in [5.41, 5.74) is 13.9. The number of likely N-dealkylation sites (tertiary alicyclic amines) is 1. The van der Waals surface area contributed by atoms with Crippen LogP contribution in [0.4, 0.5) is 5.13 Å². The summed E-state index contributed by atoms with van der Waals surface area (Å²) >= 11 is 1.70. The van der Waals surface area contributed by atoms with Crippen molar-refractivity contribution in [3.8, 4) is 39.9 Å². The van der Waals surface area contributed by atoms with E-state index >= 15 is 0 Å². The third kappa shape index (κ3) is 5.93. The van der Waals surface area contributed by atoms with Crippen LogP contribution in [0.15, 0.2) is 54.0 Å². The maximum absolute atomic E-state index is 13.6. The Bertz CT molecular complexity index is 2260. The molecule has 1 amide bonds. The smallest absolute Gasteiger partial charge is 0.254 e. The molecule has 3 fully saturated rings. The molecule has 9 rings (SSSR count). The van der Waals surface area contributed by atoms with Gasteiger partial charge in [0.05, 0.1) is 29.7 Å². The molecule has 0 radical (unpaired) electrons. The summed E-state index contributed by atoms with van der Waals surface area (Å²) in [4.78, 5) is 38.2. The molecule has 262 valence electrons. The number of nitrogens with zero attached hydrogens (tertiary/aromatic N) is 8. The molecule has 2 aliphatic heterocycles. The lowest BCUT2D eigenvalue weighted by Crippen LogP contribution is -2.45. The van der Waals surface area contributed by atoms with Gasteiger partial charge in [-0.1, -0.05) is 0 Å². The third-order valence-electron chi connectivity index (χ3n) is 10.7. The zero-order valence-corrected chi connectivity index (χ0v) is 30.0. The molecule has 51 heavy (non-hydrogen) atoms. The number of aromatic nitrogens is 6. The van der Waals surface area contributed by atoms with Crippen LogP contribution in [0.1, 0.15) is 55.3 Å². The van der Waals surface area contributed by atoms with E-state index in [-0.39, 0.29) is 11.9 Å². The molecular weight excluding hydrogens is 659 g/mol. The van der Waals surface area contributed by atoms with Crippen molar-refractivity contribution < 1.29 is 9.53 Å². The highest BCUT2D eigenvalue weighted by atomic mass is 32.1. The summed E-state index contributed by atoms with van der Waals surface area (Å²) in [6.07, 6.45) is 9.82. The van der Waals surface area contributed by atoms with Gasteiger partial charge in [0.2, 0.25) is 0 Å². The maximum atomic E-state index is 13.6. The van der Waals surface area contributed by atoms with Crippen LogP contribution in [-0.4, -0.2) is 79.2 Å². The van der Waals surface area contributed by atoms with Crippen LogP contribution in [0.2, 0.25) is 0 Å². The molecule has 2 N–H and O–H groups in total. The summed E-state index contributed by atoms with van der Waals surface area (Å²) in [5, 5.41) is 4.25. The van der Waals surface area contributed by atoms with Crippen LogP contribution in [0.5, 0.6) is 5.75 Å².